The lowest BCUT2D eigenvalue weighted by Gasteiger charge is -2.13. The summed E-state index contributed by atoms with van der Waals surface area (Å²) in [6.07, 6.45) is 5.25. The first-order chi connectivity index (χ1) is 11.6. The molecule has 0 fully saturated rings. The molecule has 0 unspecified atom stereocenters. The zero-order valence-corrected chi connectivity index (χ0v) is 13.3. The molecule has 4 aromatic rings. The summed E-state index contributed by atoms with van der Waals surface area (Å²) < 4.78 is 3.33. The van der Waals surface area contributed by atoms with Crippen LogP contribution in [0.3, 0.4) is 0 Å². The zero-order chi connectivity index (χ0) is 16.7. The van der Waals surface area contributed by atoms with Crippen molar-refractivity contribution in [1.82, 2.24) is 29.3 Å². The smallest absolute Gasteiger partial charge is 0.289 e. The molecule has 0 aliphatic rings. The van der Waals surface area contributed by atoms with E-state index in [0.717, 1.165) is 11.1 Å². The first-order valence-electron chi connectivity index (χ1n) is 7.64. The topological polar surface area (TPSA) is 81.4 Å². The van der Waals surface area contributed by atoms with Crippen molar-refractivity contribution >= 4 is 11.3 Å². The van der Waals surface area contributed by atoms with Crippen LogP contribution < -0.4 is 5.69 Å². The Morgan fingerprint density at radius 3 is 2.67 bits per heavy atom. The third-order valence-corrected chi connectivity index (χ3v) is 4.10. The minimum Gasteiger partial charge on any atom is -0.289 e. The Kier molecular flexibility index (Phi) is 3.26. The monoisotopic (exact) mass is 320 g/mol. The van der Waals surface area contributed by atoms with Crippen LogP contribution in [-0.4, -0.2) is 29.3 Å². The minimum absolute atomic E-state index is 0.133. The summed E-state index contributed by atoms with van der Waals surface area (Å²) >= 11 is 0. The van der Waals surface area contributed by atoms with Gasteiger partial charge in [-0.3, -0.25) is 14.2 Å². The van der Waals surface area contributed by atoms with E-state index in [1.165, 1.54) is 0 Å². The molecule has 0 aliphatic carbocycles. The second-order valence-corrected chi connectivity index (χ2v) is 5.72. The number of hydrogen-bond donors (Lipinski definition) is 1. The van der Waals surface area contributed by atoms with Gasteiger partial charge >= 0.3 is 5.69 Å². The highest BCUT2D eigenvalue weighted by Crippen LogP contribution is 2.21. The van der Waals surface area contributed by atoms with Crippen LogP contribution in [0.5, 0.6) is 0 Å². The van der Waals surface area contributed by atoms with Gasteiger partial charge in [0.05, 0.1) is 24.1 Å². The van der Waals surface area contributed by atoms with Gasteiger partial charge in [-0.15, -0.1) is 0 Å². The van der Waals surface area contributed by atoms with Crippen molar-refractivity contribution < 1.29 is 0 Å². The zero-order valence-electron chi connectivity index (χ0n) is 13.3. The molecule has 1 atom stereocenters. The average Bonchev–Trinajstić information content (AvgIpc) is 3.17. The Balaban J connectivity index is 1.83. The Labute approximate surface area is 137 Å². The molecule has 0 radical (unpaired) electrons. The summed E-state index contributed by atoms with van der Waals surface area (Å²) in [7, 11) is 1.84. The lowest BCUT2D eigenvalue weighted by atomic mass is 10.1. The largest absolute Gasteiger partial charge is 0.329 e. The summed E-state index contributed by atoms with van der Waals surface area (Å²) in [5.74, 6) is 0. The fraction of sp³-hybridized carbons (Fsp3) is 0.176. The number of aromatic amines is 1. The van der Waals surface area contributed by atoms with Crippen LogP contribution >= 0.6 is 0 Å². The molecular weight excluding hydrogens is 304 g/mol. The van der Waals surface area contributed by atoms with Crippen molar-refractivity contribution in [2.24, 2.45) is 7.05 Å². The number of nitrogens with one attached hydrogen (secondary N) is 1. The lowest BCUT2D eigenvalue weighted by Crippen LogP contribution is -2.21. The van der Waals surface area contributed by atoms with Crippen LogP contribution in [0.15, 0.2) is 53.7 Å². The van der Waals surface area contributed by atoms with Gasteiger partial charge in [0.15, 0.2) is 11.3 Å². The molecular formula is C17H16N6O. The van der Waals surface area contributed by atoms with Gasteiger partial charge in [-0.05, 0) is 12.5 Å². The lowest BCUT2D eigenvalue weighted by molar-refractivity contribution is 0.630. The number of fused-ring (bicyclic) bond motifs is 1. The molecule has 0 aliphatic heterocycles. The first-order valence-corrected chi connectivity index (χ1v) is 7.64. The summed E-state index contributed by atoms with van der Waals surface area (Å²) in [5.41, 5.74) is 3.38. The molecule has 3 heterocycles. The van der Waals surface area contributed by atoms with Crippen molar-refractivity contribution in [1.29, 1.82) is 0 Å². The van der Waals surface area contributed by atoms with Crippen molar-refractivity contribution in [3.63, 3.8) is 0 Å². The van der Waals surface area contributed by atoms with Gasteiger partial charge in [0.1, 0.15) is 0 Å². The number of H-pyrrole nitrogens is 1. The molecule has 0 amide bonds. The molecule has 120 valence electrons. The van der Waals surface area contributed by atoms with Gasteiger partial charge in [0, 0.05) is 18.8 Å². The van der Waals surface area contributed by atoms with Crippen molar-refractivity contribution in [2.75, 3.05) is 0 Å². The fourth-order valence-electron chi connectivity index (χ4n) is 2.83. The van der Waals surface area contributed by atoms with Crippen molar-refractivity contribution in [3.8, 4) is 11.3 Å². The van der Waals surface area contributed by atoms with Gasteiger partial charge in [0.2, 0.25) is 0 Å². The maximum atomic E-state index is 12.4. The number of rotatable bonds is 3. The molecule has 1 aromatic carbocycles. The highest BCUT2D eigenvalue weighted by atomic mass is 16.1. The van der Waals surface area contributed by atoms with Gasteiger partial charge in [-0.1, -0.05) is 30.3 Å². The third kappa shape index (κ3) is 2.30. The maximum absolute atomic E-state index is 12.4. The van der Waals surface area contributed by atoms with Gasteiger partial charge in [-0.2, -0.15) is 5.10 Å². The van der Waals surface area contributed by atoms with Crippen LogP contribution in [0, 0.1) is 0 Å². The fourth-order valence-corrected chi connectivity index (χ4v) is 2.83. The van der Waals surface area contributed by atoms with Gasteiger partial charge in [-0.25, -0.2) is 14.8 Å². The molecule has 4 rings (SSSR count). The predicted molar refractivity (Wildman–Crippen MR) is 90.6 cm³/mol. The van der Waals surface area contributed by atoms with E-state index in [9.17, 15) is 4.79 Å². The Morgan fingerprint density at radius 2 is 1.96 bits per heavy atom. The van der Waals surface area contributed by atoms with E-state index in [0.29, 0.717) is 17.0 Å². The normalized spacial score (nSPS) is 12.6. The van der Waals surface area contributed by atoms with Crippen LogP contribution in [-0.2, 0) is 7.05 Å². The van der Waals surface area contributed by atoms with Crippen LogP contribution in [0.1, 0.15) is 18.5 Å². The Bertz CT molecular complexity index is 1060. The highest BCUT2D eigenvalue weighted by Gasteiger charge is 2.17. The van der Waals surface area contributed by atoms with Gasteiger partial charge in [0.25, 0.3) is 0 Å². The highest BCUT2D eigenvalue weighted by molar-refractivity contribution is 5.70. The number of hydrogen-bond acceptors (Lipinski definition) is 4. The molecule has 24 heavy (non-hydrogen) atoms. The number of benzene rings is 1. The van der Waals surface area contributed by atoms with E-state index in [-0.39, 0.29) is 11.7 Å². The number of nitrogens with zero attached hydrogens (tertiary/aromatic N) is 5. The quantitative estimate of drug-likeness (QED) is 0.627. The Morgan fingerprint density at radius 1 is 1.17 bits per heavy atom. The summed E-state index contributed by atoms with van der Waals surface area (Å²) in [6.45, 7) is 1.97. The maximum Gasteiger partial charge on any atom is 0.329 e. The number of imidazole rings is 1. The summed E-state index contributed by atoms with van der Waals surface area (Å²) in [4.78, 5) is 24.2. The van der Waals surface area contributed by atoms with Crippen LogP contribution in [0.4, 0.5) is 0 Å². The van der Waals surface area contributed by atoms with Gasteiger partial charge < -0.3 is 0 Å². The molecule has 1 N–H and O–H groups in total. The third-order valence-electron chi connectivity index (χ3n) is 4.10. The van der Waals surface area contributed by atoms with Crippen molar-refractivity contribution in [2.45, 2.75) is 13.0 Å². The predicted octanol–water partition coefficient (Wildman–Crippen LogP) is 2.13. The molecule has 0 saturated heterocycles. The molecule has 0 saturated carbocycles. The molecule has 7 heteroatoms. The second-order valence-electron chi connectivity index (χ2n) is 5.72. The standard InChI is InChI=1S/C17H16N6O/c1-11(12-6-4-3-5-7-12)23-16-15(21-17(23)24)20-14(9-18-16)13-8-19-22(2)10-13/h3-11H,1-2H3,(H,20,21,24)/t11-/m0/s1. The minimum atomic E-state index is -0.218. The van der Waals surface area contributed by atoms with Crippen LogP contribution in [0.2, 0.25) is 0 Å². The SMILES string of the molecule is C[C@@H](c1ccccc1)n1c(=O)[nH]c2nc(-c3cnn(C)c3)cnc21. The first kappa shape index (κ1) is 14.4. The van der Waals surface area contributed by atoms with E-state index in [2.05, 4.69) is 20.1 Å². The average molecular weight is 320 g/mol. The second kappa shape index (κ2) is 5.45. The van der Waals surface area contributed by atoms with E-state index in [1.54, 1.807) is 21.6 Å². The van der Waals surface area contributed by atoms with Crippen molar-refractivity contribution in [3.05, 3.63) is 65.0 Å². The van der Waals surface area contributed by atoms with E-state index in [4.69, 9.17) is 0 Å². The molecule has 0 spiro atoms. The van der Waals surface area contributed by atoms with E-state index < -0.39 is 0 Å². The molecule has 3 aromatic heterocycles. The summed E-state index contributed by atoms with van der Waals surface area (Å²) in [6, 6.07) is 9.72. The number of aromatic nitrogens is 6. The van der Waals surface area contributed by atoms with E-state index >= 15 is 0 Å². The van der Waals surface area contributed by atoms with E-state index in [1.807, 2.05) is 50.5 Å². The molecule has 0 bridgehead atoms. The summed E-state index contributed by atoms with van der Waals surface area (Å²) in [5, 5.41) is 4.14. The van der Waals surface area contributed by atoms with Crippen LogP contribution in [0.25, 0.3) is 22.6 Å². The Hall–Kier alpha value is -3.22. The molecule has 7 nitrogen and oxygen atoms in total. The number of aryl methyl sites for hydroxylation is 1.